The SMILES string of the molecule is CCC1(CNCC2CCN(c3cccc(OC)c3)C2)COC1. The molecule has 1 unspecified atom stereocenters. The molecule has 1 atom stereocenters. The van der Waals surface area contributed by atoms with E-state index < -0.39 is 0 Å². The molecule has 4 nitrogen and oxygen atoms in total. The summed E-state index contributed by atoms with van der Waals surface area (Å²) in [5, 5.41) is 3.68. The third-order valence-corrected chi connectivity index (χ3v) is 5.20. The van der Waals surface area contributed by atoms with Gasteiger partial charge in [0.15, 0.2) is 0 Å². The van der Waals surface area contributed by atoms with Crippen LogP contribution in [0.2, 0.25) is 0 Å². The Kier molecular flexibility index (Phi) is 4.89. The highest BCUT2D eigenvalue weighted by Crippen LogP contribution is 2.30. The Labute approximate surface area is 133 Å². The first-order valence-electron chi connectivity index (χ1n) is 8.42. The van der Waals surface area contributed by atoms with Gasteiger partial charge in [0.05, 0.1) is 20.3 Å². The normalized spacial score (nSPS) is 23.4. The van der Waals surface area contributed by atoms with Crippen molar-refractivity contribution in [2.45, 2.75) is 19.8 Å². The summed E-state index contributed by atoms with van der Waals surface area (Å²) in [5.41, 5.74) is 1.68. The molecule has 1 aromatic rings. The summed E-state index contributed by atoms with van der Waals surface area (Å²) >= 11 is 0. The Hall–Kier alpha value is -1.26. The molecule has 4 heteroatoms. The van der Waals surface area contributed by atoms with E-state index in [2.05, 4.69) is 35.3 Å². The van der Waals surface area contributed by atoms with E-state index in [1.54, 1.807) is 7.11 Å². The van der Waals surface area contributed by atoms with Crippen LogP contribution in [0.5, 0.6) is 5.75 Å². The van der Waals surface area contributed by atoms with Crippen molar-refractivity contribution in [3.8, 4) is 5.75 Å². The van der Waals surface area contributed by atoms with Crippen molar-refractivity contribution >= 4 is 5.69 Å². The van der Waals surface area contributed by atoms with Gasteiger partial charge < -0.3 is 19.7 Å². The van der Waals surface area contributed by atoms with Crippen molar-refractivity contribution in [2.75, 3.05) is 51.4 Å². The monoisotopic (exact) mass is 304 g/mol. The average Bonchev–Trinajstić information content (AvgIpc) is 2.99. The molecule has 2 heterocycles. The van der Waals surface area contributed by atoms with E-state index in [0.717, 1.165) is 51.1 Å². The molecule has 2 aliphatic rings. The molecular weight excluding hydrogens is 276 g/mol. The molecule has 22 heavy (non-hydrogen) atoms. The zero-order valence-electron chi connectivity index (χ0n) is 13.8. The highest BCUT2D eigenvalue weighted by Gasteiger charge is 2.36. The molecule has 1 N–H and O–H groups in total. The first-order valence-corrected chi connectivity index (χ1v) is 8.42. The van der Waals surface area contributed by atoms with Crippen LogP contribution in [0.15, 0.2) is 24.3 Å². The summed E-state index contributed by atoms with van der Waals surface area (Å²) in [4.78, 5) is 2.47. The van der Waals surface area contributed by atoms with Crippen LogP contribution in [0, 0.1) is 11.3 Å². The lowest BCUT2D eigenvalue weighted by molar-refractivity contribution is -0.113. The number of hydrogen-bond donors (Lipinski definition) is 1. The lowest BCUT2D eigenvalue weighted by Crippen LogP contribution is -2.50. The number of ether oxygens (including phenoxy) is 2. The van der Waals surface area contributed by atoms with Gasteiger partial charge in [0.2, 0.25) is 0 Å². The summed E-state index contributed by atoms with van der Waals surface area (Å²) in [6, 6.07) is 8.38. The largest absolute Gasteiger partial charge is 0.497 e. The van der Waals surface area contributed by atoms with Crippen LogP contribution in [0.1, 0.15) is 19.8 Å². The van der Waals surface area contributed by atoms with Crippen LogP contribution >= 0.6 is 0 Å². The van der Waals surface area contributed by atoms with Gasteiger partial charge in [-0.3, -0.25) is 0 Å². The number of rotatable bonds is 7. The minimum absolute atomic E-state index is 0.408. The molecule has 0 bridgehead atoms. The number of nitrogens with zero attached hydrogens (tertiary/aromatic N) is 1. The molecule has 1 aromatic carbocycles. The molecule has 3 rings (SSSR count). The van der Waals surface area contributed by atoms with Crippen LogP contribution in [0.25, 0.3) is 0 Å². The Bertz CT molecular complexity index is 482. The van der Waals surface area contributed by atoms with Crippen molar-refractivity contribution < 1.29 is 9.47 Å². The molecule has 0 amide bonds. The average molecular weight is 304 g/mol. The van der Waals surface area contributed by atoms with Crippen molar-refractivity contribution in [3.05, 3.63) is 24.3 Å². The molecular formula is C18H28N2O2. The van der Waals surface area contributed by atoms with Crippen molar-refractivity contribution in [3.63, 3.8) is 0 Å². The zero-order chi connectivity index (χ0) is 15.4. The summed E-state index contributed by atoms with van der Waals surface area (Å²) in [7, 11) is 1.73. The fraction of sp³-hybridized carbons (Fsp3) is 0.667. The summed E-state index contributed by atoms with van der Waals surface area (Å²) in [6.45, 7) is 8.61. The van der Waals surface area contributed by atoms with Gasteiger partial charge in [0, 0.05) is 36.8 Å². The van der Waals surface area contributed by atoms with Gasteiger partial charge in [-0.1, -0.05) is 13.0 Å². The van der Waals surface area contributed by atoms with E-state index in [0.29, 0.717) is 5.41 Å². The van der Waals surface area contributed by atoms with E-state index in [-0.39, 0.29) is 0 Å². The Morgan fingerprint density at radius 2 is 2.27 bits per heavy atom. The van der Waals surface area contributed by atoms with E-state index in [9.17, 15) is 0 Å². The van der Waals surface area contributed by atoms with Gasteiger partial charge in [0.1, 0.15) is 5.75 Å². The predicted molar refractivity (Wildman–Crippen MR) is 89.7 cm³/mol. The number of benzene rings is 1. The molecule has 0 spiro atoms. The highest BCUT2D eigenvalue weighted by molar-refractivity contribution is 5.51. The second kappa shape index (κ2) is 6.88. The maximum absolute atomic E-state index is 5.39. The van der Waals surface area contributed by atoms with Crippen molar-refractivity contribution in [1.29, 1.82) is 0 Å². The standard InChI is InChI=1S/C18H28N2O2/c1-3-18(13-22-14-18)12-19-10-15-7-8-20(11-15)16-5-4-6-17(9-16)21-2/h4-6,9,15,19H,3,7-8,10-14H2,1-2H3. The number of methoxy groups -OCH3 is 1. The number of nitrogens with one attached hydrogen (secondary N) is 1. The van der Waals surface area contributed by atoms with Crippen LogP contribution in [0.3, 0.4) is 0 Å². The van der Waals surface area contributed by atoms with Crippen LogP contribution in [0.4, 0.5) is 5.69 Å². The fourth-order valence-electron chi connectivity index (χ4n) is 3.40. The van der Waals surface area contributed by atoms with Gasteiger partial charge in [-0.05, 0) is 37.4 Å². The van der Waals surface area contributed by atoms with Gasteiger partial charge in [-0.25, -0.2) is 0 Å². The number of hydrogen-bond acceptors (Lipinski definition) is 4. The van der Waals surface area contributed by atoms with Gasteiger partial charge in [-0.2, -0.15) is 0 Å². The molecule has 2 saturated heterocycles. The van der Waals surface area contributed by atoms with E-state index in [1.807, 2.05) is 6.07 Å². The summed E-state index contributed by atoms with van der Waals surface area (Å²) < 4.78 is 10.7. The smallest absolute Gasteiger partial charge is 0.120 e. The van der Waals surface area contributed by atoms with Gasteiger partial charge in [-0.15, -0.1) is 0 Å². The lowest BCUT2D eigenvalue weighted by atomic mass is 9.83. The Morgan fingerprint density at radius 1 is 1.41 bits per heavy atom. The zero-order valence-corrected chi connectivity index (χ0v) is 13.8. The van der Waals surface area contributed by atoms with Crippen molar-refractivity contribution in [2.24, 2.45) is 11.3 Å². The molecule has 122 valence electrons. The fourth-order valence-corrected chi connectivity index (χ4v) is 3.40. The molecule has 0 aromatic heterocycles. The third kappa shape index (κ3) is 3.39. The van der Waals surface area contributed by atoms with Gasteiger partial charge >= 0.3 is 0 Å². The predicted octanol–water partition coefficient (Wildman–Crippen LogP) is 2.54. The van der Waals surface area contributed by atoms with Crippen molar-refractivity contribution in [1.82, 2.24) is 5.32 Å². The quantitative estimate of drug-likeness (QED) is 0.839. The lowest BCUT2D eigenvalue weighted by Gasteiger charge is -2.41. The molecule has 2 aliphatic heterocycles. The highest BCUT2D eigenvalue weighted by atomic mass is 16.5. The number of anilines is 1. The topological polar surface area (TPSA) is 33.7 Å². The maximum Gasteiger partial charge on any atom is 0.120 e. The van der Waals surface area contributed by atoms with Gasteiger partial charge in [0.25, 0.3) is 0 Å². The second-order valence-corrected chi connectivity index (χ2v) is 6.78. The van der Waals surface area contributed by atoms with E-state index in [4.69, 9.17) is 9.47 Å². The molecule has 2 fully saturated rings. The summed E-state index contributed by atoms with van der Waals surface area (Å²) in [6.07, 6.45) is 2.47. The maximum atomic E-state index is 5.39. The minimum atomic E-state index is 0.408. The van der Waals surface area contributed by atoms with E-state index >= 15 is 0 Å². The first-order chi connectivity index (χ1) is 10.7. The Morgan fingerprint density at radius 3 is 2.95 bits per heavy atom. The van der Waals surface area contributed by atoms with Crippen LogP contribution < -0.4 is 15.0 Å². The van der Waals surface area contributed by atoms with E-state index in [1.165, 1.54) is 18.5 Å². The Balaban J connectivity index is 1.45. The van der Waals surface area contributed by atoms with Crippen LogP contribution in [-0.4, -0.2) is 46.5 Å². The molecule has 0 saturated carbocycles. The second-order valence-electron chi connectivity index (χ2n) is 6.78. The minimum Gasteiger partial charge on any atom is -0.497 e. The third-order valence-electron chi connectivity index (χ3n) is 5.20. The van der Waals surface area contributed by atoms with Crippen LogP contribution in [-0.2, 0) is 4.74 Å². The molecule has 0 aliphatic carbocycles. The summed E-state index contributed by atoms with van der Waals surface area (Å²) in [5.74, 6) is 1.68. The first kappa shape index (κ1) is 15.6. The molecule has 0 radical (unpaired) electrons.